The molecule has 0 bridgehead atoms. The molecule has 0 unspecified atom stereocenters. The molecule has 0 saturated carbocycles. The first kappa shape index (κ1) is 11.7. The Labute approximate surface area is 100 Å². The second-order valence-electron chi connectivity index (χ2n) is 3.42. The molecule has 1 heterocycles. The van der Waals surface area contributed by atoms with E-state index in [0.29, 0.717) is 5.75 Å². The molecular formula is C10H9N3O5. The zero-order valence-corrected chi connectivity index (χ0v) is 9.30. The number of hydrogen-bond acceptors (Lipinski definition) is 6. The van der Waals surface area contributed by atoms with Crippen molar-refractivity contribution in [3.63, 3.8) is 0 Å². The fraction of sp³-hybridized carbons (Fsp3) is 0.100. The topological polar surface area (TPSA) is 124 Å². The number of rotatable bonds is 3. The predicted molar refractivity (Wildman–Crippen MR) is 62.4 cm³/mol. The number of nitrogen functional groups attached to an aromatic ring is 1. The maximum atomic E-state index is 11.4. The van der Waals surface area contributed by atoms with E-state index in [1.54, 1.807) is 0 Å². The van der Waals surface area contributed by atoms with Crippen LogP contribution in [0, 0.1) is 10.1 Å². The maximum Gasteiger partial charge on any atom is 0.367 e. The van der Waals surface area contributed by atoms with Gasteiger partial charge in [-0.2, -0.15) is 0 Å². The smallest absolute Gasteiger partial charge is 0.367 e. The van der Waals surface area contributed by atoms with Crippen molar-refractivity contribution < 1.29 is 14.2 Å². The third-order valence-electron chi connectivity index (χ3n) is 2.40. The van der Waals surface area contributed by atoms with Gasteiger partial charge < -0.3 is 15.0 Å². The number of nitro benzene ring substituents is 1. The van der Waals surface area contributed by atoms with Gasteiger partial charge in [0.25, 0.3) is 5.69 Å². The third-order valence-corrected chi connectivity index (χ3v) is 2.40. The van der Waals surface area contributed by atoms with Crippen LogP contribution in [0.25, 0.3) is 11.1 Å². The Balaban J connectivity index is 2.72. The Morgan fingerprint density at radius 2 is 2.22 bits per heavy atom. The number of methoxy groups -OCH3 is 1. The summed E-state index contributed by atoms with van der Waals surface area (Å²) in [6.45, 7) is 0. The SMILES string of the molecule is COc1ccc(-c2c(N)[nH]oc2=O)c([N+](=O)[O-])c1. The molecule has 2 aromatic rings. The summed E-state index contributed by atoms with van der Waals surface area (Å²) in [5.74, 6) is 0.247. The largest absolute Gasteiger partial charge is 0.497 e. The summed E-state index contributed by atoms with van der Waals surface area (Å²) < 4.78 is 9.37. The number of nitro groups is 1. The second kappa shape index (κ2) is 4.24. The van der Waals surface area contributed by atoms with E-state index in [9.17, 15) is 14.9 Å². The van der Waals surface area contributed by atoms with Crippen molar-refractivity contribution in [2.45, 2.75) is 0 Å². The summed E-state index contributed by atoms with van der Waals surface area (Å²) in [6, 6.07) is 4.09. The van der Waals surface area contributed by atoms with E-state index in [2.05, 4.69) is 9.68 Å². The fourth-order valence-corrected chi connectivity index (χ4v) is 1.57. The van der Waals surface area contributed by atoms with Gasteiger partial charge in [0.1, 0.15) is 17.1 Å². The van der Waals surface area contributed by atoms with Gasteiger partial charge in [-0.1, -0.05) is 0 Å². The van der Waals surface area contributed by atoms with Gasteiger partial charge in [0, 0.05) is 0 Å². The molecule has 94 valence electrons. The van der Waals surface area contributed by atoms with Crippen LogP contribution >= 0.6 is 0 Å². The van der Waals surface area contributed by atoms with Crippen LogP contribution in [0.2, 0.25) is 0 Å². The van der Waals surface area contributed by atoms with Crippen LogP contribution in [0.5, 0.6) is 5.75 Å². The van der Waals surface area contributed by atoms with Crippen molar-refractivity contribution in [2.24, 2.45) is 0 Å². The molecule has 3 N–H and O–H groups in total. The Morgan fingerprint density at radius 3 is 2.72 bits per heavy atom. The summed E-state index contributed by atoms with van der Waals surface area (Å²) in [6.07, 6.45) is 0. The van der Waals surface area contributed by atoms with Crippen molar-refractivity contribution >= 4 is 11.5 Å². The summed E-state index contributed by atoms with van der Waals surface area (Å²) in [5, 5.41) is 13.1. The first-order valence-electron chi connectivity index (χ1n) is 4.84. The van der Waals surface area contributed by atoms with E-state index in [4.69, 9.17) is 10.5 Å². The molecule has 0 aliphatic rings. The molecule has 0 spiro atoms. The molecule has 2 rings (SSSR count). The van der Waals surface area contributed by atoms with Gasteiger partial charge >= 0.3 is 5.63 Å². The average Bonchev–Trinajstić information content (AvgIpc) is 2.68. The van der Waals surface area contributed by atoms with E-state index in [-0.39, 0.29) is 22.6 Å². The molecule has 18 heavy (non-hydrogen) atoms. The molecule has 1 aromatic heterocycles. The minimum atomic E-state index is -0.763. The number of nitrogens with zero attached hydrogens (tertiary/aromatic N) is 1. The number of benzene rings is 1. The van der Waals surface area contributed by atoms with Gasteiger partial charge in [-0.15, -0.1) is 0 Å². The van der Waals surface area contributed by atoms with Gasteiger partial charge in [-0.25, -0.2) is 9.95 Å². The Bertz CT molecular complexity index is 658. The van der Waals surface area contributed by atoms with Crippen molar-refractivity contribution in [3.8, 4) is 16.9 Å². The minimum absolute atomic E-state index is 0.0618. The molecule has 1 aromatic carbocycles. The van der Waals surface area contributed by atoms with Crippen LogP contribution in [0.1, 0.15) is 0 Å². The fourth-order valence-electron chi connectivity index (χ4n) is 1.57. The zero-order chi connectivity index (χ0) is 13.3. The van der Waals surface area contributed by atoms with E-state index in [0.717, 1.165) is 0 Å². The van der Waals surface area contributed by atoms with Crippen molar-refractivity contribution in [2.75, 3.05) is 12.8 Å². The van der Waals surface area contributed by atoms with Gasteiger partial charge in [-0.3, -0.25) is 10.1 Å². The molecule has 8 nitrogen and oxygen atoms in total. The highest BCUT2D eigenvalue weighted by molar-refractivity contribution is 5.80. The molecule has 0 fully saturated rings. The summed E-state index contributed by atoms with van der Waals surface area (Å²) in [7, 11) is 1.39. The normalized spacial score (nSPS) is 10.3. The first-order valence-corrected chi connectivity index (χ1v) is 4.84. The van der Waals surface area contributed by atoms with E-state index >= 15 is 0 Å². The summed E-state index contributed by atoms with van der Waals surface area (Å²) >= 11 is 0. The second-order valence-corrected chi connectivity index (χ2v) is 3.42. The van der Waals surface area contributed by atoms with Crippen molar-refractivity contribution in [1.82, 2.24) is 5.16 Å². The highest BCUT2D eigenvalue weighted by Crippen LogP contribution is 2.33. The number of anilines is 1. The van der Waals surface area contributed by atoms with Gasteiger partial charge in [0.2, 0.25) is 0 Å². The van der Waals surface area contributed by atoms with Crippen LogP contribution in [0.15, 0.2) is 27.5 Å². The van der Waals surface area contributed by atoms with Crippen LogP contribution in [0.4, 0.5) is 11.5 Å². The van der Waals surface area contributed by atoms with Crippen LogP contribution in [-0.4, -0.2) is 17.2 Å². The van der Waals surface area contributed by atoms with Crippen LogP contribution < -0.4 is 16.1 Å². The Morgan fingerprint density at radius 1 is 1.50 bits per heavy atom. The predicted octanol–water partition coefficient (Wildman–Crippen LogP) is 1.13. The van der Waals surface area contributed by atoms with E-state index < -0.39 is 10.5 Å². The quantitative estimate of drug-likeness (QED) is 0.622. The van der Waals surface area contributed by atoms with Crippen molar-refractivity contribution in [3.05, 3.63) is 38.7 Å². The zero-order valence-electron chi connectivity index (χ0n) is 9.30. The summed E-state index contributed by atoms with van der Waals surface area (Å²) in [5.41, 5.74) is 4.47. The maximum absolute atomic E-state index is 11.4. The minimum Gasteiger partial charge on any atom is -0.497 e. The highest BCUT2D eigenvalue weighted by atomic mass is 16.6. The van der Waals surface area contributed by atoms with Gasteiger partial charge in [-0.05, 0) is 12.1 Å². The third kappa shape index (κ3) is 1.79. The van der Waals surface area contributed by atoms with Crippen LogP contribution in [0.3, 0.4) is 0 Å². The average molecular weight is 251 g/mol. The monoisotopic (exact) mass is 251 g/mol. The molecule has 0 atom stereocenters. The first-order chi connectivity index (χ1) is 8.54. The number of H-pyrrole nitrogens is 1. The molecular weight excluding hydrogens is 242 g/mol. The highest BCUT2D eigenvalue weighted by Gasteiger charge is 2.23. The summed E-state index contributed by atoms with van der Waals surface area (Å²) in [4.78, 5) is 21.8. The van der Waals surface area contributed by atoms with E-state index in [1.807, 2.05) is 0 Å². The van der Waals surface area contributed by atoms with Crippen molar-refractivity contribution in [1.29, 1.82) is 0 Å². The lowest BCUT2D eigenvalue weighted by Gasteiger charge is -2.03. The molecule has 8 heteroatoms. The number of nitrogens with two attached hydrogens (primary N) is 1. The standard InChI is InChI=1S/C10H9N3O5/c1-17-5-2-3-6(7(4-5)13(15)16)8-9(11)12-18-10(8)14/h2-4,12H,11H2,1H3. The molecule has 0 aliphatic heterocycles. The number of aromatic nitrogens is 1. The number of ether oxygens (including phenoxy) is 1. The molecule has 0 saturated heterocycles. The lowest BCUT2D eigenvalue weighted by Crippen LogP contribution is -2.02. The van der Waals surface area contributed by atoms with Gasteiger partial charge in [0.05, 0.1) is 23.7 Å². The number of aromatic amines is 1. The Kier molecular flexibility index (Phi) is 2.76. The lowest BCUT2D eigenvalue weighted by atomic mass is 10.1. The number of nitrogens with one attached hydrogen (secondary N) is 1. The molecule has 0 amide bonds. The molecule has 0 radical (unpaired) electrons. The van der Waals surface area contributed by atoms with E-state index in [1.165, 1.54) is 25.3 Å². The molecule has 0 aliphatic carbocycles. The lowest BCUT2D eigenvalue weighted by molar-refractivity contribution is -0.384. The van der Waals surface area contributed by atoms with Gasteiger partial charge in [0.15, 0.2) is 0 Å². The van der Waals surface area contributed by atoms with Crippen LogP contribution in [-0.2, 0) is 0 Å². The Hall–Kier alpha value is -2.77. The number of hydrogen-bond donors (Lipinski definition) is 2.